The van der Waals surface area contributed by atoms with Gasteiger partial charge in [0.15, 0.2) is 0 Å². The van der Waals surface area contributed by atoms with Crippen molar-refractivity contribution in [1.82, 2.24) is 5.32 Å². The third-order valence-electron chi connectivity index (χ3n) is 2.46. The molecule has 0 aromatic rings. The molecule has 0 saturated heterocycles. The molecule has 90 valence electrons. The van der Waals surface area contributed by atoms with E-state index in [4.69, 9.17) is 4.74 Å². The maximum absolute atomic E-state index is 5.46. The van der Waals surface area contributed by atoms with Crippen molar-refractivity contribution in [1.29, 1.82) is 0 Å². The van der Waals surface area contributed by atoms with Gasteiger partial charge in [-0.2, -0.15) is 0 Å². The predicted molar refractivity (Wildman–Crippen MR) is 67.2 cm³/mol. The topological polar surface area (TPSA) is 21.3 Å². The number of methoxy groups -OCH3 is 1. The average molecular weight is 213 g/mol. The van der Waals surface area contributed by atoms with E-state index < -0.39 is 0 Å². The fraction of sp³-hybridized carbons (Fsp3) is 0.846. The van der Waals surface area contributed by atoms with Gasteiger partial charge in [0, 0.05) is 13.2 Å². The van der Waals surface area contributed by atoms with Gasteiger partial charge in [-0.1, -0.05) is 18.6 Å². The van der Waals surface area contributed by atoms with Crippen LogP contribution in [0.1, 0.15) is 47.5 Å². The van der Waals surface area contributed by atoms with Crippen LogP contribution in [0.15, 0.2) is 11.6 Å². The predicted octanol–water partition coefficient (Wildman–Crippen LogP) is 3.14. The molecular formula is C13H27NO. The van der Waals surface area contributed by atoms with Crippen LogP contribution in [0.5, 0.6) is 0 Å². The highest BCUT2D eigenvalue weighted by atomic mass is 16.5. The molecule has 0 aromatic heterocycles. The summed E-state index contributed by atoms with van der Waals surface area (Å²) in [6, 6.07) is 0.421. The molecule has 0 heterocycles. The molecule has 0 aliphatic carbocycles. The molecule has 1 atom stereocenters. The number of rotatable bonds is 7. The second-order valence-electron chi connectivity index (χ2n) is 4.97. The van der Waals surface area contributed by atoms with Gasteiger partial charge in [0.05, 0.1) is 5.60 Å². The van der Waals surface area contributed by atoms with Crippen molar-refractivity contribution in [3.05, 3.63) is 11.6 Å². The SMILES string of the molecule is CCCNC(C=C(C)C)CC(C)(C)OC. The van der Waals surface area contributed by atoms with Gasteiger partial charge in [-0.3, -0.25) is 0 Å². The minimum Gasteiger partial charge on any atom is -0.379 e. The Bertz CT molecular complexity index is 193. The number of ether oxygens (including phenoxy) is 1. The van der Waals surface area contributed by atoms with E-state index in [-0.39, 0.29) is 5.60 Å². The highest BCUT2D eigenvalue weighted by molar-refractivity contribution is 5.02. The molecule has 15 heavy (non-hydrogen) atoms. The number of hydrogen-bond acceptors (Lipinski definition) is 2. The fourth-order valence-corrected chi connectivity index (χ4v) is 1.54. The molecule has 0 spiro atoms. The van der Waals surface area contributed by atoms with Gasteiger partial charge in [0.25, 0.3) is 0 Å². The summed E-state index contributed by atoms with van der Waals surface area (Å²) in [5.41, 5.74) is 1.30. The van der Waals surface area contributed by atoms with E-state index in [1.165, 1.54) is 12.0 Å². The van der Waals surface area contributed by atoms with Crippen LogP contribution in [-0.4, -0.2) is 25.3 Å². The monoisotopic (exact) mass is 213 g/mol. The zero-order chi connectivity index (χ0) is 11.9. The van der Waals surface area contributed by atoms with Crippen molar-refractivity contribution in [2.24, 2.45) is 0 Å². The van der Waals surface area contributed by atoms with Crippen LogP contribution in [-0.2, 0) is 4.74 Å². The van der Waals surface area contributed by atoms with Gasteiger partial charge in [-0.05, 0) is 47.1 Å². The molecule has 0 radical (unpaired) electrons. The Kier molecular flexibility index (Phi) is 6.86. The first-order valence-corrected chi connectivity index (χ1v) is 5.85. The minimum atomic E-state index is -0.0582. The summed E-state index contributed by atoms with van der Waals surface area (Å²) in [5.74, 6) is 0. The molecular weight excluding hydrogens is 186 g/mol. The summed E-state index contributed by atoms with van der Waals surface area (Å²) in [7, 11) is 1.78. The molecule has 0 aliphatic heterocycles. The van der Waals surface area contributed by atoms with Gasteiger partial charge < -0.3 is 10.1 Å². The molecule has 2 heteroatoms. The molecule has 0 aromatic carbocycles. The Morgan fingerprint density at radius 1 is 1.40 bits per heavy atom. The Hall–Kier alpha value is -0.340. The van der Waals surface area contributed by atoms with Gasteiger partial charge in [0.2, 0.25) is 0 Å². The van der Waals surface area contributed by atoms with E-state index in [1.54, 1.807) is 7.11 Å². The van der Waals surface area contributed by atoms with Crippen molar-refractivity contribution >= 4 is 0 Å². The second-order valence-corrected chi connectivity index (χ2v) is 4.97. The Morgan fingerprint density at radius 2 is 2.00 bits per heavy atom. The summed E-state index contributed by atoms with van der Waals surface area (Å²) >= 11 is 0. The zero-order valence-electron chi connectivity index (χ0n) is 11.2. The fourth-order valence-electron chi connectivity index (χ4n) is 1.54. The lowest BCUT2D eigenvalue weighted by Gasteiger charge is -2.28. The van der Waals surface area contributed by atoms with Crippen molar-refractivity contribution in [3.8, 4) is 0 Å². The summed E-state index contributed by atoms with van der Waals surface area (Å²) < 4.78 is 5.46. The van der Waals surface area contributed by atoms with Crippen LogP contribution in [0.4, 0.5) is 0 Å². The third kappa shape index (κ3) is 7.57. The van der Waals surface area contributed by atoms with Crippen molar-refractivity contribution in [2.75, 3.05) is 13.7 Å². The van der Waals surface area contributed by atoms with E-state index >= 15 is 0 Å². The van der Waals surface area contributed by atoms with E-state index in [2.05, 4.69) is 46.0 Å². The lowest BCUT2D eigenvalue weighted by atomic mass is 9.97. The highest BCUT2D eigenvalue weighted by Crippen LogP contribution is 2.17. The first-order valence-electron chi connectivity index (χ1n) is 5.85. The Labute approximate surface area is 95.1 Å². The average Bonchev–Trinajstić information content (AvgIpc) is 2.13. The van der Waals surface area contributed by atoms with Crippen LogP contribution >= 0.6 is 0 Å². The maximum Gasteiger partial charge on any atom is 0.0640 e. The summed E-state index contributed by atoms with van der Waals surface area (Å²) in [6.07, 6.45) is 4.46. The molecule has 0 bridgehead atoms. The van der Waals surface area contributed by atoms with E-state index in [0.29, 0.717) is 6.04 Å². The van der Waals surface area contributed by atoms with E-state index in [9.17, 15) is 0 Å². The number of allylic oxidation sites excluding steroid dienone is 1. The summed E-state index contributed by atoms with van der Waals surface area (Å²) in [6.45, 7) is 11.8. The zero-order valence-corrected chi connectivity index (χ0v) is 11.2. The third-order valence-corrected chi connectivity index (χ3v) is 2.46. The number of nitrogens with one attached hydrogen (secondary N) is 1. The summed E-state index contributed by atoms with van der Waals surface area (Å²) in [5, 5.41) is 3.53. The molecule has 1 N–H and O–H groups in total. The smallest absolute Gasteiger partial charge is 0.0640 e. The Balaban J connectivity index is 4.30. The number of hydrogen-bond donors (Lipinski definition) is 1. The van der Waals surface area contributed by atoms with Gasteiger partial charge >= 0.3 is 0 Å². The van der Waals surface area contributed by atoms with Crippen LogP contribution in [0.25, 0.3) is 0 Å². The minimum absolute atomic E-state index is 0.0582. The molecule has 0 rings (SSSR count). The van der Waals surface area contributed by atoms with Crippen LogP contribution in [0.2, 0.25) is 0 Å². The van der Waals surface area contributed by atoms with Gasteiger partial charge in [0.1, 0.15) is 0 Å². The largest absolute Gasteiger partial charge is 0.379 e. The Morgan fingerprint density at radius 3 is 2.40 bits per heavy atom. The lowest BCUT2D eigenvalue weighted by Crippen LogP contribution is -2.37. The molecule has 0 saturated carbocycles. The second kappa shape index (κ2) is 7.02. The van der Waals surface area contributed by atoms with Crippen molar-refractivity contribution in [2.45, 2.75) is 59.1 Å². The van der Waals surface area contributed by atoms with Crippen LogP contribution in [0, 0.1) is 0 Å². The van der Waals surface area contributed by atoms with Crippen LogP contribution in [0.3, 0.4) is 0 Å². The van der Waals surface area contributed by atoms with Crippen molar-refractivity contribution < 1.29 is 4.74 Å². The van der Waals surface area contributed by atoms with E-state index in [1.807, 2.05) is 0 Å². The summed E-state index contributed by atoms with van der Waals surface area (Å²) in [4.78, 5) is 0. The quantitative estimate of drug-likeness (QED) is 0.656. The molecule has 0 aliphatic rings. The molecule has 0 amide bonds. The van der Waals surface area contributed by atoms with Crippen LogP contribution < -0.4 is 5.32 Å². The molecule has 0 fully saturated rings. The normalized spacial score (nSPS) is 13.7. The molecule has 2 nitrogen and oxygen atoms in total. The van der Waals surface area contributed by atoms with Gasteiger partial charge in [-0.25, -0.2) is 0 Å². The first kappa shape index (κ1) is 14.7. The van der Waals surface area contributed by atoms with Gasteiger partial charge in [-0.15, -0.1) is 0 Å². The highest BCUT2D eigenvalue weighted by Gasteiger charge is 2.20. The lowest BCUT2D eigenvalue weighted by molar-refractivity contribution is 0.0107. The molecule has 1 unspecified atom stereocenters. The van der Waals surface area contributed by atoms with Crippen molar-refractivity contribution in [3.63, 3.8) is 0 Å². The standard InChI is InChI=1S/C13H27NO/c1-7-8-14-12(9-11(2)3)10-13(4,5)15-6/h9,12,14H,7-8,10H2,1-6H3. The first-order chi connectivity index (χ1) is 6.91. The van der Waals surface area contributed by atoms with E-state index in [0.717, 1.165) is 13.0 Å². The maximum atomic E-state index is 5.46.